The Morgan fingerprint density at radius 2 is 1.80 bits per heavy atom. The van der Waals surface area contributed by atoms with Gasteiger partial charge in [-0.15, -0.1) is 11.3 Å². The van der Waals surface area contributed by atoms with Crippen LogP contribution in [0.4, 0.5) is 0 Å². The number of hydrogen-bond acceptors (Lipinski definition) is 6. The van der Waals surface area contributed by atoms with Gasteiger partial charge in [0.15, 0.2) is 6.61 Å². The second-order valence-corrected chi connectivity index (χ2v) is 8.38. The van der Waals surface area contributed by atoms with Crippen molar-refractivity contribution in [3.8, 4) is 5.75 Å². The van der Waals surface area contributed by atoms with Crippen molar-refractivity contribution in [2.45, 2.75) is 40.7 Å². The van der Waals surface area contributed by atoms with Gasteiger partial charge in [0.25, 0.3) is 0 Å². The Kier molecular flexibility index (Phi) is 6.72. The Labute approximate surface area is 180 Å². The lowest BCUT2D eigenvalue weighted by Crippen LogP contribution is -2.15. The molecule has 30 heavy (non-hydrogen) atoms. The minimum absolute atomic E-state index is 0.203. The lowest BCUT2D eigenvalue weighted by Gasteiger charge is -2.10. The molecule has 0 radical (unpaired) electrons. The third-order valence-corrected chi connectivity index (χ3v) is 6.13. The molecule has 1 aromatic carbocycles. The van der Waals surface area contributed by atoms with Gasteiger partial charge in [0, 0.05) is 23.5 Å². The van der Waals surface area contributed by atoms with Crippen LogP contribution in [-0.4, -0.2) is 35.0 Å². The van der Waals surface area contributed by atoms with Crippen molar-refractivity contribution in [2.75, 3.05) is 13.7 Å². The van der Waals surface area contributed by atoms with Crippen LogP contribution in [0.3, 0.4) is 0 Å². The average molecular weight is 427 g/mol. The standard InChI is InChI=1S/C23H26N2O4S/c1-14-12-20(21(26)13-29-23(27)22-15(2)24-17(4)30-22)16(3)25(14)11-10-18-6-8-19(28-5)9-7-18/h6-9,12H,10-11,13H2,1-5H3. The number of carbonyl (C=O) groups excluding carboxylic acids is 2. The zero-order valence-electron chi connectivity index (χ0n) is 17.9. The second kappa shape index (κ2) is 9.26. The predicted molar refractivity (Wildman–Crippen MR) is 117 cm³/mol. The van der Waals surface area contributed by atoms with Crippen LogP contribution in [0.15, 0.2) is 30.3 Å². The maximum absolute atomic E-state index is 12.7. The summed E-state index contributed by atoms with van der Waals surface area (Å²) in [5.41, 5.74) is 4.30. The number of rotatable bonds is 8. The Balaban J connectivity index is 1.64. The van der Waals surface area contributed by atoms with Crippen molar-refractivity contribution in [1.82, 2.24) is 9.55 Å². The molecule has 0 bridgehead atoms. The minimum atomic E-state index is -0.500. The largest absolute Gasteiger partial charge is 0.497 e. The molecule has 2 heterocycles. The first-order valence-electron chi connectivity index (χ1n) is 9.74. The third-order valence-electron chi connectivity index (χ3n) is 5.08. The number of aryl methyl sites for hydroxylation is 4. The number of Topliss-reactive ketones (excluding diaryl/α,β-unsaturated/α-hetero) is 1. The van der Waals surface area contributed by atoms with Crippen molar-refractivity contribution >= 4 is 23.1 Å². The Bertz CT molecular complexity index is 1060. The second-order valence-electron chi connectivity index (χ2n) is 7.18. The molecule has 158 valence electrons. The molecule has 0 saturated heterocycles. The summed E-state index contributed by atoms with van der Waals surface area (Å²) in [5, 5.41) is 0.797. The van der Waals surface area contributed by atoms with Crippen LogP contribution in [0.1, 0.15) is 47.7 Å². The lowest BCUT2D eigenvalue weighted by molar-refractivity contribution is 0.0478. The summed E-state index contributed by atoms with van der Waals surface area (Å²) in [6.45, 7) is 7.98. The number of benzene rings is 1. The Hall–Kier alpha value is -2.93. The van der Waals surface area contributed by atoms with Crippen molar-refractivity contribution in [1.29, 1.82) is 0 Å². The molecule has 0 atom stereocenters. The summed E-state index contributed by atoms with van der Waals surface area (Å²) >= 11 is 1.28. The highest BCUT2D eigenvalue weighted by Gasteiger charge is 2.20. The third kappa shape index (κ3) is 4.79. The molecule has 6 nitrogen and oxygen atoms in total. The maximum Gasteiger partial charge on any atom is 0.350 e. The highest BCUT2D eigenvalue weighted by atomic mass is 32.1. The van der Waals surface area contributed by atoms with Crippen LogP contribution < -0.4 is 4.74 Å². The SMILES string of the molecule is COc1ccc(CCn2c(C)cc(C(=O)COC(=O)c3sc(C)nc3C)c2C)cc1. The molecule has 3 aromatic rings. The van der Waals surface area contributed by atoms with Crippen LogP contribution >= 0.6 is 11.3 Å². The van der Waals surface area contributed by atoms with Gasteiger partial charge < -0.3 is 14.0 Å². The average Bonchev–Trinajstić information content (AvgIpc) is 3.22. The molecule has 0 spiro atoms. The van der Waals surface area contributed by atoms with Gasteiger partial charge in [-0.05, 0) is 57.9 Å². The van der Waals surface area contributed by atoms with Gasteiger partial charge in [0.1, 0.15) is 10.6 Å². The molecule has 3 rings (SSSR count). The Morgan fingerprint density at radius 3 is 2.40 bits per heavy atom. The van der Waals surface area contributed by atoms with Crippen LogP contribution in [0.25, 0.3) is 0 Å². The van der Waals surface area contributed by atoms with E-state index in [1.165, 1.54) is 16.9 Å². The number of methoxy groups -OCH3 is 1. The number of aromatic nitrogens is 2. The zero-order chi connectivity index (χ0) is 21.8. The summed E-state index contributed by atoms with van der Waals surface area (Å²) in [4.78, 5) is 29.6. The molecule has 0 N–H and O–H groups in total. The van der Waals surface area contributed by atoms with Gasteiger partial charge in [-0.25, -0.2) is 9.78 Å². The molecule has 2 aromatic heterocycles. The highest BCUT2D eigenvalue weighted by molar-refractivity contribution is 7.13. The Morgan fingerprint density at radius 1 is 1.10 bits per heavy atom. The molecule has 0 aliphatic carbocycles. The maximum atomic E-state index is 12.7. The lowest BCUT2D eigenvalue weighted by atomic mass is 10.1. The summed E-state index contributed by atoms with van der Waals surface area (Å²) in [6, 6.07) is 9.84. The van der Waals surface area contributed by atoms with E-state index in [1.807, 2.05) is 51.1 Å². The van der Waals surface area contributed by atoms with Crippen LogP contribution in [-0.2, 0) is 17.7 Å². The van der Waals surface area contributed by atoms with Crippen molar-refractivity contribution in [2.24, 2.45) is 0 Å². The molecular formula is C23H26N2O4S. The number of nitrogens with zero attached hydrogens (tertiary/aromatic N) is 2. The first-order chi connectivity index (χ1) is 14.3. The zero-order valence-corrected chi connectivity index (χ0v) is 18.8. The highest BCUT2D eigenvalue weighted by Crippen LogP contribution is 2.20. The van der Waals surface area contributed by atoms with Gasteiger partial charge in [-0.2, -0.15) is 0 Å². The van der Waals surface area contributed by atoms with E-state index in [4.69, 9.17) is 9.47 Å². The molecule has 7 heteroatoms. The fourth-order valence-electron chi connectivity index (χ4n) is 3.46. The fraction of sp³-hybridized carbons (Fsp3) is 0.348. The number of thiazole rings is 1. The van der Waals surface area contributed by atoms with Gasteiger partial charge in [0.2, 0.25) is 5.78 Å². The topological polar surface area (TPSA) is 70.4 Å². The van der Waals surface area contributed by atoms with E-state index in [0.717, 1.165) is 35.1 Å². The quantitative estimate of drug-likeness (QED) is 0.393. The number of ether oxygens (including phenoxy) is 2. The predicted octanol–water partition coefficient (Wildman–Crippen LogP) is 4.47. The molecule has 0 unspecified atom stereocenters. The summed E-state index contributed by atoms with van der Waals surface area (Å²) < 4.78 is 12.6. The van der Waals surface area contributed by atoms with Gasteiger partial charge in [0.05, 0.1) is 17.8 Å². The number of carbonyl (C=O) groups is 2. The van der Waals surface area contributed by atoms with Crippen LogP contribution in [0.5, 0.6) is 5.75 Å². The minimum Gasteiger partial charge on any atom is -0.497 e. The summed E-state index contributed by atoms with van der Waals surface area (Å²) in [7, 11) is 1.65. The van der Waals surface area contributed by atoms with Gasteiger partial charge in [-0.3, -0.25) is 4.79 Å². The van der Waals surface area contributed by atoms with E-state index in [0.29, 0.717) is 16.1 Å². The summed E-state index contributed by atoms with van der Waals surface area (Å²) in [5.74, 6) is 0.129. The molecular weight excluding hydrogens is 400 g/mol. The smallest absolute Gasteiger partial charge is 0.350 e. The monoisotopic (exact) mass is 426 g/mol. The fourth-order valence-corrected chi connectivity index (χ4v) is 4.27. The molecule has 0 saturated carbocycles. The van der Waals surface area contributed by atoms with Gasteiger partial charge >= 0.3 is 5.97 Å². The van der Waals surface area contributed by atoms with E-state index >= 15 is 0 Å². The summed E-state index contributed by atoms with van der Waals surface area (Å²) in [6.07, 6.45) is 0.840. The van der Waals surface area contributed by atoms with E-state index < -0.39 is 5.97 Å². The number of hydrogen-bond donors (Lipinski definition) is 0. The molecule has 0 aliphatic heterocycles. The van der Waals surface area contributed by atoms with Crippen LogP contribution in [0, 0.1) is 27.7 Å². The first-order valence-corrected chi connectivity index (χ1v) is 10.6. The molecule has 0 fully saturated rings. The molecule has 0 amide bonds. The van der Waals surface area contributed by atoms with Gasteiger partial charge in [-0.1, -0.05) is 12.1 Å². The normalized spacial score (nSPS) is 10.8. The van der Waals surface area contributed by atoms with Crippen molar-refractivity contribution in [3.05, 3.63) is 68.4 Å². The number of esters is 1. The van der Waals surface area contributed by atoms with E-state index in [-0.39, 0.29) is 12.4 Å². The number of ketones is 1. The van der Waals surface area contributed by atoms with E-state index in [2.05, 4.69) is 9.55 Å². The van der Waals surface area contributed by atoms with E-state index in [1.54, 1.807) is 14.0 Å². The molecule has 0 aliphatic rings. The van der Waals surface area contributed by atoms with Crippen LogP contribution in [0.2, 0.25) is 0 Å². The van der Waals surface area contributed by atoms with Crippen molar-refractivity contribution in [3.63, 3.8) is 0 Å². The van der Waals surface area contributed by atoms with E-state index in [9.17, 15) is 9.59 Å². The van der Waals surface area contributed by atoms with Crippen molar-refractivity contribution < 1.29 is 19.1 Å². The first kappa shape index (κ1) is 21.8.